The smallest absolute Gasteiger partial charge is 0.231 e. The van der Waals surface area contributed by atoms with Crippen molar-refractivity contribution in [1.29, 1.82) is 0 Å². The lowest BCUT2D eigenvalue weighted by molar-refractivity contribution is -0.115. The third-order valence-electron chi connectivity index (χ3n) is 3.10. The number of anilines is 1. The predicted molar refractivity (Wildman–Crippen MR) is 80.7 cm³/mol. The van der Waals surface area contributed by atoms with Gasteiger partial charge in [-0.2, -0.15) is 0 Å². The summed E-state index contributed by atoms with van der Waals surface area (Å²) in [6, 6.07) is 15.2. The number of aromatic nitrogens is 1. The van der Waals surface area contributed by atoms with Gasteiger partial charge in [0.2, 0.25) is 5.91 Å². The predicted octanol–water partition coefficient (Wildman–Crippen LogP) is 3.52. The molecule has 2 aromatic heterocycles. The molecule has 1 amide bonds. The van der Waals surface area contributed by atoms with Crippen molar-refractivity contribution in [2.75, 3.05) is 5.32 Å². The van der Waals surface area contributed by atoms with Crippen molar-refractivity contribution >= 4 is 11.6 Å². The standard InChI is InChI=1S/C17H14N2O2/c20-17(12-16-2-1-11-21-16)19-15-5-3-13(4-6-15)14-7-9-18-10-8-14/h1-11H,12H2,(H,19,20). The van der Waals surface area contributed by atoms with Crippen molar-refractivity contribution in [1.82, 2.24) is 4.98 Å². The molecule has 0 unspecified atom stereocenters. The zero-order chi connectivity index (χ0) is 14.5. The van der Waals surface area contributed by atoms with E-state index < -0.39 is 0 Å². The monoisotopic (exact) mass is 278 g/mol. The maximum Gasteiger partial charge on any atom is 0.231 e. The number of pyridine rings is 1. The van der Waals surface area contributed by atoms with Crippen LogP contribution in [0.5, 0.6) is 0 Å². The molecule has 3 rings (SSSR count). The summed E-state index contributed by atoms with van der Waals surface area (Å²) in [4.78, 5) is 15.9. The fraction of sp³-hybridized carbons (Fsp3) is 0.0588. The average Bonchev–Trinajstić information content (AvgIpc) is 3.02. The Morgan fingerprint density at radius 3 is 2.38 bits per heavy atom. The number of furan rings is 1. The molecule has 4 nitrogen and oxygen atoms in total. The number of rotatable bonds is 4. The molecular weight excluding hydrogens is 264 g/mol. The molecule has 0 aliphatic rings. The third-order valence-corrected chi connectivity index (χ3v) is 3.10. The van der Waals surface area contributed by atoms with E-state index in [1.165, 1.54) is 0 Å². The van der Waals surface area contributed by atoms with Crippen LogP contribution in [0.1, 0.15) is 5.76 Å². The van der Waals surface area contributed by atoms with Gasteiger partial charge in [-0.15, -0.1) is 0 Å². The van der Waals surface area contributed by atoms with Crippen molar-refractivity contribution < 1.29 is 9.21 Å². The highest BCUT2D eigenvalue weighted by Gasteiger charge is 2.06. The van der Waals surface area contributed by atoms with Gasteiger partial charge in [-0.3, -0.25) is 9.78 Å². The lowest BCUT2D eigenvalue weighted by Gasteiger charge is -2.06. The van der Waals surface area contributed by atoms with E-state index in [9.17, 15) is 4.79 Å². The summed E-state index contributed by atoms with van der Waals surface area (Å²) in [5.41, 5.74) is 2.95. The van der Waals surface area contributed by atoms with Crippen LogP contribution in [0.25, 0.3) is 11.1 Å². The van der Waals surface area contributed by atoms with E-state index in [1.807, 2.05) is 36.4 Å². The molecule has 0 saturated heterocycles. The summed E-state index contributed by atoms with van der Waals surface area (Å²) in [5.74, 6) is 0.558. The second-order valence-corrected chi connectivity index (χ2v) is 4.62. The molecule has 0 spiro atoms. The van der Waals surface area contributed by atoms with Gasteiger partial charge in [0, 0.05) is 18.1 Å². The van der Waals surface area contributed by atoms with Crippen LogP contribution < -0.4 is 5.32 Å². The number of carbonyl (C=O) groups excluding carboxylic acids is 1. The molecule has 0 atom stereocenters. The molecule has 0 saturated carbocycles. The van der Waals surface area contributed by atoms with Crippen molar-refractivity contribution in [3.05, 3.63) is 72.9 Å². The fourth-order valence-electron chi connectivity index (χ4n) is 2.07. The Labute approximate surface area is 122 Å². The van der Waals surface area contributed by atoms with E-state index in [2.05, 4.69) is 10.3 Å². The first-order valence-electron chi connectivity index (χ1n) is 6.64. The van der Waals surface area contributed by atoms with Gasteiger partial charge in [-0.1, -0.05) is 12.1 Å². The Kier molecular flexibility index (Phi) is 3.78. The number of nitrogens with one attached hydrogen (secondary N) is 1. The maximum absolute atomic E-state index is 11.9. The van der Waals surface area contributed by atoms with Gasteiger partial charge in [0.1, 0.15) is 5.76 Å². The van der Waals surface area contributed by atoms with Crippen LogP contribution in [-0.2, 0) is 11.2 Å². The molecule has 0 fully saturated rings. The van der Waals surface area contributed by atoms with Gasteiger partial charge >= 0.3 is 0 Å². The second-order valence-electron chi connectivity index (χ2n) is 4.62. The second kappa shape index (κ2) is 6.05. The Balaban J connectivity index is 1.66. The zero-order valence-corrected chi connectivity index (χ0v) is 11.3. The molecule has 21 heavy (non-hydrogen) atoms. The van der Waals surface area contributed by atoms with Crippen LogP contribution in [-0.4, -0.2) is 10.9 Å². The van der Waals surface area contributed by atoms with E-state index in [4.69, 9.17) is 4.42 Å². The number of carbonyl (C=O) groups is 1. The Bertz CT molecular complexity index is 704. The summed E-state index contributed by atoms with van der Waals surface area (Å²) < 4.78 is 5.15. The Hall–Kier alpha value is -2.88. The van der Waals surface area contributed by atoms with Gasteiger partial charge in [-0.05, 0) is 47.5 Å². The van der Waals surface area contributed by atoms with Crippen molar-refractivity contribution in [3.8, 4) is 11.1 Å². The summed E-state index contributed by atoms with van der Waals surface area (Å²) in [5, 5.41) is 2.85. The molecule has 2 heterocycles. The molecule has 104 valence electrons. The molecule has 3 aromatic rings. The minimum absolute atomic E-state index is 0.0957. The van der Waals surface area contributed by atoms with Crippen LogP contribution in [0.2, 0.25) is 0 Å². The molecular formula is C17H14N2O2. The molecule has 0 radical (unpaired) electrons. The van der Waals surface area contributed by atoms with Crippen LogP contribution >= 0.6 is 0 Å². The highest BCUT2D eigenvalue weighted by Crippen LogP contribution is 2.20. The van der Waals surface area contributed by atoms with E-state index in [1.54, 1.807) is 30.8 Å². The average molecular weight is 278 g/mol. The summed E-state index contributed by atoms with van der Waals surface area (Å²) >= 11 is 0. The first kappa shape index (κ1) is 13.1. The topological polar surface area (TPSA) is 55.1 Å². The first-order valence-corrected chi connectivity index (χ1v) is 6.64. The fourth-order valence-corrected chi connectivity index (χ4v) is 2.07. The lowest BCUT2D eigenvalue weighted by atomic mass is 10.1. The highest BCUT2D eigenvalue weighted by atomic mass is 16.3. The molecule has 0 aliphatic heterocycles. The van der Waals surface area contributed by atoms with Crippen molar-refractivity contribution in [2.24, 2.45) is 0 Å². The zero-order valence-electron chi connectivity index (χ0n) is 11.3. The molecule has 1 aromatic carbocycles. The minimum Gasteiger partial charge on any atom is -0.469 e. The van der Waals surface area contributed by atoms with Gasteiger partial charge < -0.3 is 9.73 Å². The quantitative estimate of drug-likeness (QED) is 0.794. The highest BCUT2D eigenvalue weighted by molar-refractivity contribution is 5.92. The number of hydrogen-bond acceptors (Lipinski definition) is 3. The largest absolute Gasteiger partial charge is 0.469 e. The van der Waals surface area contributed by atoms with E-state index >= 15 is 0 Å². The van der Waals surface area contributed by atoms with Crippen molar-refractivity contribution in [2.45, 2.75) is 6.42 Å². The Morgan fingerprint density at radius 2 is 1.71 bits per heavy atom. The number of amides is 1. The van der Waals surface area contributed by atoms with Crippen LogP contribution in [0.4, 0.5) is 5.69 Å². The molecule has 1 N–H and O–H groups in total. The first-order chi connectivity index (χ1) is 10.3. The lowest BCUT2D eigenvalue weighted by Crippen LogP contribution is -2.13. The van der Waals surface area contributed by atoms with Crippen LogP contribution in [0.15, 0.2) is 71.6 Å². The van der Waals surface area contributed by atoms with Crippen LogP contribution in [0.3, 0.4) is 0 Å². The minimum atomic E-state index is -0.0957. The SMILES string of the molecule is O=C(Cc1ccco1)Nc1ccc(-c2ccncc2)cc1. The Morgan fingerprint density at radius 1 is 1.00 bits per heavy atom. The van der Waals surface area contributed by atoms with E-state index in [0.29, 0.717) is 5.76 Å². The van der Waals surface area contributed by atoms with Gasteiger partial charge in [0.25, 0.3) is 0 Å². The van der Waals surface area contributed by atoms with Gasteiger partial charge in [-0.25, -0.2) is 0 Å². The summed E-state index contributed by atoms with van der Waals surface area (Å²) in [7, 11) is 0. The molecule has 0 aliphatic carbocycles. The third kappa shape index (κ3) is 3.36. The molecule has 4 heteroatoms. The number of hydrogen-bond donors (Lipinski definition) is 1. The maximum atomic E-state index is 11.9. The van der Waals surface area contributed by atoms with Gasteiger partial charge in [0.05, 0.1) is 12.7 Å². The van der Waals surface area contributed by atoms with Crippen molar-refractivity contribution in [3.63, 3.8) is 0 Å². The van der Waals surface area contributed by atoms with Crippen LogP contribution in [0, 0.1) is 0 Å². The van der Waals surface area contributed by atoms with Gasteiger partial charge in [0.15, 0.2) is 0 Å². The summed E-state index contributed by atoms with van der Waals surface area (Å²) in [6.45, 7) is 0. The normalized spacial score (nSPS) is 10.3. The summed E-state index contributed by atoms with van der Waals surface area (Å²) in [6.07, 6.45) is 5.31. The number of benzene rings is 1. The van der Waals surface area contributed by atoms with E-state index in [0.717, 1.165) is 16.8 Å². The molecule has 0 bridgehead atoms. The number of nitrogens with zero attached hydrogens (tertiary/aromatic N) is 1. The van der Waals surface area contributed by atoms with E-state index in [-0.39, 0.29) is 12.3 Å².